The van der Waals surface area contributed by atoms with Crippen molar-refractivity contribution >= 4 is 5.91 Å². The molecule has 3 heteroatoms. The largest absolute Gasteiger partial charge is 0.349 e. The summed E-state index contributed by atoms with van der Waals surface area (Å²) in [5, 5.41) is 3.32. The van der Waals surface area contributed by atoms with Crippen LogP contribution in [0.1, 0.15) is 53.6 Å². The first-order chi connectivity index (χ1) is 12.7. The highest BCUT2D eigenvalue weighted by molar-refractivity contribution is 5.95. The van der Waals surface area contributed by atoms with Crippen LogP contribution in [0.3, 0.4) is 0 Å². The molecule has 2 atom stereocenters. The van der Waals surface area contributed by atoms with E-state index in [0.29, 0.717) is 18.1 Å². The number of carbonyl (C=O) groups excluding carboxylic acids is 1. The molecule has 4 rings (SSSR count). The van der Waals surface area contributed by atoms with Crippen LogP contribution in [-0.2, 0) is 6.54 Å². The van der Waals surface area contributed by atoms with Crippen molar-refractivity contribution in [3.05, 3.63) is 71.3 Å². The van der Waals surface area contributed by atoms with Crippen molar-refractivity contribution in [2.45, 2.75) is 63.7 Å². The number of carbonyl (C=O) groups is 1. The standard InChI is InChI=1S/C23H28N2O/c1-17-8-5-6-13-22(17)23(26)24-19-14-20-11-7-12-21(15-19)25(20)16-18-9-3-2-4-10-18/h2-6,8-10,13,19-21H,7,11-12,14-16H2,1H3,(H,24,26)/t20-,21-/m0/s1. The van der Waals surface area contributed by atoms with Gasteiger partial charge in [0.2, 0.25) is 0 Å². The molecule has 0 aromatic heterocycles. The fraction of sp³-hybridized carbons (Fsp3) is 0.435. The predicted molar refractivity (Wildman–Crippen MR) is 105 cm³/mol. The molecule has 2 heterocycles. The van der Waals surface area contributed by atoms with Crippen LogP contribution < -0.4 is 5.32 Å². The second-order valence-corrected chi connectivity index (χ2v) is 7.85. The average molecular weight is 348 g/mol. The van der Waals surface area contributed by atoms with E-state index in [4.69, 9.17) is 0 Å². The zero-order valence-electron chi connectivity index (χ0n) is 15.5. The molecule has 0 radical (unpaired) electrons. The van der Waals surface area contributed by atoms with Crippen LogP contribution in [0.2, 0.25) is 0 Å². The minimum Gasteiger partial charge on any atom is -0.349 e. The number of amides is 1. The van der Waals surface area contributed by atoms with Gasteiger partial charge in [0.15, 0.2) is 0 Å². The molecule has 2 bridgehead atoms. The topological polar surface area (TPSA) is 32.3 Å². The molecule has 0 unspecified atom stereocenters. The Hall–Kier alpha value is -2.13. The molecule has 0 saturated carbocycles. The van der Waals surface area contributed by atoms with E-state index in [1.165, 1.54) is 24.8 Å². The number of fused-ring (bicyclic) bond motifs is 2. The van der Waals surface area contributed by atoms with Crippen LogP contribution in [0.4, 0.5) is 0 Å². The summed E-state index contributed by atoms with van der Waals surface area (Å²) in [6.07, 6.45) is 5.96. The van der Waals surface area contributed by atoms with E-state index < -0.39 is 0 Å². The van der Waals surface area contributed by atoms with Crippen molar-refractivity contribution in [1.29, 1.82) is 0 Å². The normalized spacial score (nSPS) is 25.7. The second kappa shape index (κ2) is 7.63. The number of nitrogens with one attached hydrogen (secondary N) is 1. The summed E-state index contributed by atoms with van der Waals surface area (Å²) < 4.78 is 0. The fourth-order valence-electron chi connectivity index (χ4n) is 4.74. The number of benzene rings is 2. The van der Waals surface area contributed by atoms with Crippen molar-refractivity contribution in [3.8, 4) is 0 Å². The Labute approximate surface area is 156 Å². The van der Waals surface area contributed by atoms with Crippen molar-refractivity contribution < 1.29 is 4.79 Å². The Kier molecular flexibility index (Phi) is 5.07. The minimum atomic E-state index is 0.0858. The van der Waals surface area contributed by atoms with E-state index in [-0.39, 0.29) is 5.91 Å². The summed E-state index contributed by atoms with van der Waals surface area (Å²) in [5.74, 6) is 0.0858. The summed E-state index contributed by atoms with van der Waals surface area (Å²) in [6.45, 7) is 3.04. The van der Waals surface area contributed by atoms with Gasteiger partial charge < -0.3 is 5.32 Å². The van der Waals surface area contributed by atoms with E-state index in [1.807, 2.05) is 31.2 Å². The number of nitrogens with zero attached hydrogens (tertiary/aromatic N) is 1. The maximum Gasteiger partial charge on any atom is 0.251 e. The molecule has 2 aliphatic rings. The number of hydrogen-bond donors (Lipinski definition) is 1. The monoisotopic (exact) mass is 348 g/mol. The van der Waals surface area contributed by atoms with Crippen LogP contribution in [0.5, 0.6) is 0 Å². The third kappa shape index (κ3) is 3.68. The highest BCUT2D eigenvalue weighted by Crippen LogP contribution is 2.35. The molecule has 3 nitrogen and oxygen atoms in total. The lowest BCUT2D eigenvalue weighted by Gasteiger charge is -2.49. The number of piperidine rings is 2. The Morgan fingerprint density at radius 1 is 1.00 bits per heavy atom. The molecule has 2 saturated heterocycles. The third-order valence-corrected chi connectivity index (χ3v) is 6.06. The zero-order chi connectivity index (χ0) is 17.9. The fourth-order valence-corrected chi connectivity index (χ4v) is 4.74. The lowest BCUT2D eigenvalue weighted by atomic mass is 9.81. The molecule has 1 amide bonds. The Balaban J connectivity index is 1.43. The quantitative estimate of drug-likeness (QED) is 0.893. The highest BCUT2D eigenvalue weighted by atomic mass is 16.1. The SMILES string of the molecule is Cc1ccccc1C(=O)NC1C[C@@H]2CCC[C@@H](C1)N2Cc1ccccc1. The molecule has 2 aliphatic heterocycles. The van der Waals surface area contributed by atoms with Gasteiger partial charge >= 0.3 is 0 Å². The maximum absolute atomic E-state index is 12.7. The zero-order valence-corrected chi connectivity index (χ0v) is 15.5. The van der Waals surface area contributed by atoms with Crippen molar-refractivity contribution in [1.82, 2.24) is 10.2 Å². The van der Waals surface area contributed by atoms with Crippen LogP contribution in [-0.4, -0.2) is 28.9 Å². The van der Waals surface area contributed by atoms with E-state index in [2.05, 4.69) is 40.5 Å². The first kappa shape index (κ1) is 17.3. The lowest BCUT2D eigenvalue weighted by molar-refractivity contribution is 0.0177. The molecule has 2 aromatic carbocycles. The average Bonchev–Trinajstić information content (AvgIpc) is 2.63. The molecular weight excluding hydrogens is 320 g/mol. The van der Waals surface area contributed by atoms with Crippen LogP contribution in [0, 0.1) is 6.92 Å². The van der Waals surface area contributed by atoms with Crippen molar-refractivity contribution in [3.63, 3.8) is 0 Å². The molecular formula is C23H28N2O. The summed E-state index contributed by atoms with van der Waals surface area (Å²) >= 11 is 0. The van der Waals surface area contributed by atoms with Gasteiger partial charge in [-0.05, 0) is 49.8 Å². The van der Waals surface area contributed by atoms with Gasteiger partial charge in [-0.3, -0.25) is 9.69 Å². The first-order valence-corrected chi connectivity index (χ1v) is 9.87. The Morgan fingerprint density at radius 2 is 1.65 bits per heavy atom. The highest BCUT2D eigenvalue weighted by Gasteiger charge is 2.38. The molecule has 0 spiro atoms. The Bertz CT molecular complexity index is 744. The van der Waals surface area contributed by atoms with E-state index >= 15 is 0 Å². The van der Waals surface area contributed by atoms with Gasteiger partial charge in [0.05, 0.1) is 0 Å². The van der Waals surface area contributed by atoms with Gasteiger partial charge in [0.25, 0.3) is 5.91 Å². The minimum absolute atomic E-state index is 0.0858. The molecule has 2 aromatic rings. The molecule has 1 N–H and O–H groups in total. The molecule has 26 heavy (non-hydrogen) atoms. The second-order valence-electron chi connectivity index (χ2n) is 7.85. The summed E-state index contributed by atoms with van der Waals surface area (Å²) in [4.78, 5) is 15.4. The van der Waals surface area contributed by atoms with Gasteiger partial charge in [-0.15, -0.1) is 0 Å². The van der Waals surface area contributed by atoms with Gasteiger partial charge in [0.1, 0.15) is 0 Å². The first-order valence-electron chi connectivity index (χ1n) is 9.87. The van der Waals surface area contributed by atoms with Crippen LogP contribution >= 0.6 is 0 Å². The van der Waals surface area contributed by atoms with Gasteiger partial charge in [-0.2, -0.15) is 0 Å². The van der Waals surface area contributed by atoms with Gasteiger partial charge in [-0.1, -0.05) is 55.0 Å². The summed E-state index contributed by atoms with van der Waals surface area (Å²) in [7, 11) is 0. The number of rotatable bonds is 4. The van der Waals surface area contributed by atoms with E-state index in [1.54, 1.807) is 0 Å². The van der Waals surface area contributed by atoms with Crippen molar-refractivity contribution in [2.75, 3.05) is 0 Å². The van der Waals surface area contributed by atoms with Crippen LogP contribution in [0.25, 0.3) is 0 Å². The molecule has 2 fully saturated rings. The Morgan fingerprint density at radius 3 is 2.35 bits per heavy atom. The van der Waals surface area contributed by atoms with E-state index in [9.17, 15) is 4.79 Å². The van der Waals surface area contributed by atoms with Crippen LogP contribution in [0.15, 0.2) is 54.6 Å². The van der Waals surface area contributed by atoms with E-state index in [0.717, 1.165) is 30.5 Å². The number of hydrogen-bond acceptors (Lipinski definition) is 2. The lowest BCUT2D eigenvalue weighted by Crippen LogP contribution is -2.56. The maximum atomic E-state index is 12.7. The van der Waals surface area contributed by atoms with Gasteiger partial charge in [-0.25, -0.2) is 0 Å². The summed E-state index contributed by atoms with van der Waals surface area (Å²) in [5.41, 5.74) is 3.25. The predicted octanol–water partition coefficient (Wildman–Crippen LogP) is 4.31. The van der Waals surface area contributed by atoms with Gasteiger partial charge in [0, 0.05) is 30.2 Å². The number of aryl methyl sites for hydroxylation is 1. The van der Waals surface area contributed by atoms with Crippen molar-refractivity contribution in [2.24, 2.45) is 0 Å². The summed E-state index contributed by atoms with van der Waals surface area (Å²) in [6, 6.07) is 20.1. The molecule has 0 aliphatic carbocycles. The smallest absolute Gasteiger partial charge is 0.251 e. The third-order valence-electron chi connectivity index (χ3n) is 6.06. The molecule has 136 valence electrons.